The van der Waals surface area contributed by atoms with Gasteiger partial charge in [-0.2, -0.15) is 0 Å². The first-order valence-corrected chi connectivity index (χ1v) is 6.03. The zero-order chi connectivity index (χ0) is 12.0. The molecule has 104 valence electrons. The second-order valence-corrected chi connectivity index (χ2v) is 4.38. The van der Waals surface area contributed by atoms with Gasteiger partial charge in [0, 0.05) is 6.54 Å². The van der Waals surface area contributed by atoms with Gasteiger partial charge in [-0.05, 0) is 23.4 Å². The number of nitrogens with zero attached hydrogens (tertiary/aromatic N) is 1. The van der Waals surface area contributed by atoms with Gasteiger partial charge in [-0.1, -0.05) is 24.8 Å². The van der Waals surface area contributed by atoms with Gasteiger partial charge in [0.25, 0.3) is 0 Å². The van der Waals surface area contributed by atoms with Crippen molar-refractivity contribution in [2.45, 2.75) is 13.5 Å². The van der Waals surface area contributed by atoms with Crippen LogP contribution in [0.4, 0.5) is 5.69 Å². The van der Waals surface area contributed by atoms with Crippen LogP contribution in [0.3, 0.4) is 0 Å². The van der Waals surface area contributed by atoms with Crippen molar-refractivity contribution in [3.63, 3.8) is 0 Å². The van der Waals surface area contributed by atoms with E-state index >= 15 is 0 Å². The summed E-state index contributed by atoms with van der Waals surface area (Å²) in [5, 5.41) is 0.537. The van der Waals surface area contributed by atoms with Gasteiger partial charge in [0.2, 0.25) is 0 Å². The van der Waals surface area contributed by atoms with Crippen LogP contribution in [-0.4, -0.2) is 18.0 Å². The van der Waals surface area contributed by atoms with E-state index in [4.69, 9.17) is 16.2 Å². The minimum atomic E-state index is 0. The Balaban J connectivity index is 0. The number of nitrogens with two attached hydrogens (primary N) is 2. The number of hydrogen-bond donors (Lipinski definition) is 2. The molecular formula is C11H19Cl2N3OS. The molecule has 0 saturated heterocycles. The Bertz CT molecular complexity index is 389. The average Bonchev–Trinajstić information content (AvgIpc) is 2.29. The Morgan fingerprint density at radius 2 is 2.06 bits per heavy atom. The van der Waals surface area contributed by atoms with Gasteiger partial charge in [0.15, 0.2) is 5.17 Å². The molecule has 0 aliphatic heterocycles. The fourth-order valence-corrected chi connectivity index (χ4v) is 1.71. The van der Waals surface area contributed by atoms with E-state index in [0.29, 0.717) is 17.5 Å². The van der Waals surface area contributed by atoms with Gasteiger partial charge in [-0.25, -0.2) is 4.99 Å². The highest BCUT2D eigenvalue weighted by Gasteiger charge is 2.03. The van der Waals surface area contributed by atoms with E-state index < -0.39 is 0 Å². The second-order valence-electron chi connectivity index (χ2n) is 3.09. The Morgan fingerprint density at radius 3 is 2.56 bits per heavy atom. The third-order valence-electron chi connectivity index (χ3n) is 2.00. The van der Waals surface area contributed by atoms with Crippen molar-refractivity contribution in [1.82, 2.24) is 0 Å². The normalized spacial score (nSPS) is 10.3. The molecule has 0 unspecified atom stereocenters. The van der Waals surface area contributed by atoms with Gasteiger partial charge >= 0.3 is 0 Å². The van der Waals surface area contributed by atoms with Crippen molar-refractivity contribution in [3.8, 4) is 5.75 Å². The average molecular weight is 312 g/mol. The van der Waals surface area contributed by atoms with Crippen molar-refractivity contribution >= 4 is 47.4 Å². The lowest BCUT2D eigenvalue weighted by molar-refractivity contribution is 0.416. The molecule has 0 aliphatic rings. The van der Waals surface area contributed by atoms with Crippen LogP contribution in [0.25, 0.3) is 0 Å². The number of benzene rings is 1. The van der Waals surface area contributed by atoms with Crippen LogP contribution in [0, 0.1) is 0 Å². The van der Waals surface area contributed by atoms with Crippen molar-refractivity contribution in [2.75, 3.05) is 12.9 Å². The maximum absolute atomic E-state index is 5.76. The third-order valence-corrected chi connectivity index (χ3v) is 2.68. The Labute approximate surface area is 124 Å². The van der Waals surface area contributed by atoms with Gasteiger partial charge < -0.3 is 16.2 Å². The molecule has 7 heteroatoms. The molecule has 0 bridgehead atoms. The summed E-state index contributed by atoms with van der Waals surface area (Å²) < 4.78 is 5.21. The van der Waals surface area contributed by atoms with E-state index in [9.17, 15) is 0 Å². The molecule has 1 rings (SSSR count). The molecule has 0 saturated carbocycles. The van der Waals surface area contributed by atoms with E-state index in [1.807, 2.05) is 25.1 Å². The molecule has 0 aromatic heterocycles. The Morgan fingerprint density at radius 1 is 1.39 bits per heavy atom. The zero-order valence-electron chi connectivity index (χ0n) is 10.4. The van der Waals surface area contributed by atoms with Crippen LogP contribution in [0.5, 0.6) is 5.75 Å². The molecule has 0 heterocycles. The lowest BCUT2D eigenvalue weighted by Crippen LogP contribution is -2.06. The summed E-state index contributed by atoms with van der Waals surface area (Å²) in [6.45, 7) is 2.51. The van der Waals surface area contributed by atoms with Gasteiger partial charge in [-0.15, -0.1) is 24.8 Å². The SMILES string of the molecule is CCSC(N)=Nc1cc(CN)ccc1OC.Cl.Cl. The lowest BCUT2D eigenvalue weighted by Gasteiger charge is -2.07. The topological polar surface area (TPSA) is 73.6 Å². The maximum atomic E-state index is 5.76. The summed E-state index contributed by atoms with van der Waals surface area (Å²) >= 11 is 1.50. The van der Waals surface area contributed by atoms with E-state index in [0.717, 1.165) is 17.0 Å². The van der Waals surface area contributed by atoms with Crippen molar-refractivity contribution in [2.24, 2.45) is 16.5 Å². The number of ether oxygens (including phenoxy) is 1. The Hall–Kier alpha value is -0.620. The third kappa shape index (κ3) is 5.82. The summed E-state index contributed by atoms with van der Waals surface area (Å²) in [5.74, 6) is 1.60. The van der Waals surface area contributed by atoms with Crippen LogP contribution in [-0.2, 0) is 6.54 Å². The fraction of sp³-hybridized carbons (Fsp3) is 0.364. The molecule has 0 aliphatic carbocycles. The zero-order valence-corrected chi connectivity index (χ0v) is 12.8. The predicted molar refractivity (Wildman–Crippen MR) is 84.8 cm³/mol. The van der Waals surface area contributed by atoms with Crippen molar-refractivity contribution < 1.29 is 4.74 Å². The molecule has 0 spiro atoms. The molecule has 4 N–H and O–H groups in total. The maximum Gasteiger partial charge on any atom is 0.159 e. The smallest absolute Gasteiger partial charge is 0.159 e. The number of amidine groups is 1. The van der Waals surface area contributed by atoms with E-state index in [1.54, 1.807) is 7.11 Å². The highest BCUT2D eigenvalue weighted by atomic mass is 35.5. The first-order valence-electron chi connectivity index (χ1n) is 5.05. The number of methoxy groups -OCH3 is 1. The molecule has 0 amide bonds. The number of hydrogen-bond acceptors (Lipinski definition) is 4. The van der Waals surface area contributed by atoms with Crippen LogP contribution < -0.4 is 16.2 Å². The molecule has 1 aromatic rings. The quantitative estimate of drug-likeness (QED) is 0.662. The first kappa shape index (κ1) is 19.7. The molecular weight excluding hydrogens is 293 g/mol. The Kier molecular flexibility index (Phi) is 11.3. The van der Waals surface area contributed by atoms with Crippen molar-refractivity contribution in [1.29, 1.82) is 0 Å². The first-order chi connectivity index (χ1) is 7.71. The van der Waals surface area contributed by atoms with Gasteiger partial charge in [0.05, 0.1) is 7.11 Å². The number of rotatable bonds is 4. The summed E-state index contributed by atoms with van der Waals surface area (Å²) in [7, 11) is 1.61. The standard InChI is InChI=1S/C11H17N3OS.2ClH/c1-3-16-11(13)14-9-6-8(7-12)4-5-10(9)15-2;;/h4-6H,3,7,12H2,1-2H3,(H2,13,14);2*1H. The summed E-state index contributed by atoms with van der Waals surface area (Å²) in [5.41, 5.74) is 13.1. The number of halogens is 2. The molecule has 1 aromatic carbocycles. The monoisotopic (exact) mass is 311 g/mol. The van der Waals surface area contributed by atoms with Gasteiger partial charge in [-0.3, -0.25) is 0 Å². The summed E-state index contributed by atoms with van der Waals surface area (Å²) in [6.07, 6.45) is 0. The van der Waals surface area contributed by atoms with Crippen LogP contribution in [0.1, 0.15) is 12.5 Å². The number of thioether (sulfide) groups is 1. The predicted octanol–water partition coefficient (Wildman–Crippen LogP) is 2.70. The molecule has 18 heavy (non-hydrogen) atoms. The minimum absolute atomic E-state index is 0. The van der Waals surface area contributed by atoms with E-state index in [1.165, 1.54) is 11.8 Å². The van der Waals surface area contributed by atoms with Crippen LogP contribution in [0.15, 0.2) is 23.2 Å². The molecule has 4 nitrogen and oxygen atoms in total. The molecule has 0 fully saturated rings. The fourth-order valence-electron chi connectivity index (χ4n) is 1.25. The molecule has 0 radical (unpaired) electrons. The minimum Gasteiger partial charge on any atom is -0.494 e. The van der Waals surface area contributed by atoms with Gasteiger partial charge in [0.1, 0.15) is 11.4 Å². The highest BCUT2D eigenvalue weighted by Crippen LogP contribution is 2.29. The second kappa shape index (κ2) is 10.3. The summed E-state index contributed by atoms with van der Waals surface area (Å²) in [6, 6.07) is 5.66. The number of aliphatic imine (C=N–C) groups is 1. The van der Waals surface area contributed by atoms with Crippen LogP contribution in [0.2, 0.25) is 0 Å². The highest BCUT2D eigenvalue weighted by molar-refractivity contribution is 8.13. The van der Waals surface area contributed by atoms with E-state index in [-0.39, 0.29) is 24.8 Å². The van der Waals surface area contributed by atoms with Crippen molar-refractivity contribution in [3.05, 3.63) is 23.8 Å². The van der Waals surface area contributed by atoms with Crippen LogP contribution >= 0.6 is 36.6 Å². The van der Waals surface area contributed by atoms with E-state index in [2.05, 4.69) is 4.99 Å². The largest absolute Gasteiger partial charge is 0.494 e. The lowest BCUT2D eigenvalue weighted by atomic mass is 10.2. The summed E-state index contributed by atoms with van der Waals surface area (Å²) in [4.78, 5) is 4.30. The molecule has 0 atom stereocenters.